The molecule has 4 aromatic rings. The number of likely N-dealkylation sites (tertiary alicyclic amines) is 1. The van der Waals surface area contributed by atoms with Gasteiger partial charge in [0, 0.05) is 50.6 Å². The number of rotatable bonds is 8. The number of carbonyl (C=O) groups excluding carboxylic acids is 2. The van der Waals surface area contributed by atoms with E-state index in [1.165, 1.54) is 23.6 Å². The van der Waals surface area contributed by atoms with Crippen LogP contribution in [0.25, 0.3) is 0 Å². The Labute approximate surface area is 247 Å². The quantitative estimate of drug-likeness (QED) is 0.295. The maximum Gasteiger partial charge on any atom is 0.319 e. The van der Waals surface area contributed by atoms with Crippen molar-refractivity contribution < 1.29 is 18.7 Å². The molecule has 0 saturated carbocycles. The lowest BCUT2D eigenvalue weighted by Gasteiger charge is -2.40. The fraction of sp³-hybridized carbons (Fsp3) is 0.333. The van der Waals surface area contributed by atoms with Gasteiger partial charge in [0.1, 0.15) is 17.5 Å². The number of nitrogens with one attached hydrogen (secondary N) is 1. The molecule has 3 aromatic heterocycles. The van der Waals surface area contributed by atoms with E-state index in [9.17, 15) is 14.0 Å². The van der Waals surface area contributed by atoms with Gasteiger partial charge >= 0.3 is 6.03 Å². The first-order valence-corrected chi connectivity index (χ1v) is 14.7. The van der Waals surface area contributed by atoms with Crippen molar-refractivity contribution in [2.75, 3.05) is 43.9 Å². The molecule has 2 aliphatic heterocycles. The van der Waals surface area contributed by atoms with Gasteiger partial charge in [-0.2, -0.15) is 4.39 Å². The number of halogens is 1. The molecule has 12 heteroatoms. The number of urea groups is 1. The molecule has 2 fully saturated rings. The topological polar surface area (TPSA) is 95.8 Å². The first-order chi connectivity index (χ1) is 20.3. The lowest BCUT2D eigenvalue weighted by Crippen LogP contribution is -2.58. The molecular weight excluding hydrogens is 557 g/mol. The van der Waals surface area contributed by atoms with Crippen LogP contribution in [0.3, 0.4) is 0 Å². The van der Waals surface area contributed by atoms with E-state index in [0.29, 0.717) is 30.5 Å². The standard InChI is InChI=1S/C30H32FN7O3S/c1-35(2)30(40)37-17-23(18-37)41-22-9-7-21(8-10-22)38-14-4-5-25(38)24-19-42-29(33-24)34-28(39)26-6-3-13-36(26)16-20-11-12-32-27(31)15-20/h3,6-13,15,19,23,25H,4-5,14,16-18H2,1-2H3,(H,33,34,39)/t25-/m1/s1. The van der Waals surface area contributed by atoms with Crippen molar-refractivity contribution in [1.82, 2.24) is 24.3 Å². The van der Waals surface area contributed by atoms with E-state index < -0.39 is 5.95 Å². The fourth-order valence-electron chi connectivity index (χ4n) is 5.40. The Bertz CT molecular complexity index is 1560. The first kappa shape index (κ1) is 27.7. The molecule has 0 aliphatic carbocycles. The third kappa shape index (κ3) is 5.94. The van der Waals surface area contributed by atoms with Crippen LogP contribution in [0.5, 0.6) is 5.75 Å². The van der Waals surface area contributed by atoms with Gasteiger partial charge in [-0.05, 0) is 66.9 Å². The molecule has 3 amide bonds. The van der Waals surface area contributed by atoms with Crippen LogP contribution in [0.2, 0.25) is 0 Å². The van der Waals surface area contributed by atoms with Crippen molar-refractivity contribution in [3.8, 4) is 5.75 Å². The highest BCUT2D eigenvalue weighted by Gasteiger charge is 2.33. The van der Waals surface area contributed by atoms with Crippen molar-refractivity contribution in [2.45, 2.75) is 31.5 Å². The molecule has 218 valence electrons. The first-order valence-electron chi connectivity index (χ1n) is 13.9. The second kappa shape index (κ2) is 11.8. The number of nitrogens with zero attached hydrogens (tertiary/aromatic N) is 6. The number of anilines is 2. The van der Waals surface area contributed by atoms with Gasteiger partial charge in [-0.1, -0.05) is 0 Å². The highest BCUT2D eigenvalue weighted by Crippen LogP contribution is 2.38. The second-order valence-electron chi connectivity index (χ2n) is 10.7. The summed E-state index contributed by atoms with van der Waals surface area (Å²) in [4.78, 5) is 39.1. The summed E-state index contributed by atoms with van der Waals surface area (Å²) in [6.07, 6.45) is 5.23. The minimum atomic E-state index is -0.550. The summed E-state index contributed by atoms with van der Waals surface area (Å²) in [6.45, 7) is 2.45. The molecule has 42 heavy (non-hydrogen) atoms. The summed E-state index contributed by atoms with van der Waals surface area (Å²) in [5, 5.41) is 5.48. The smallest absolute Gasteiger partial charge is 0.319 e. The van der Waals surface area contributed by atoms with Crippen LogP contribution in [0.15, 0.2) is 66.3 Å². The molecular formula is C30H32FN7O3S. The monoisotopic (exact) mass is 589 g/mol. The zero-order valence-electron chi connectivity index (χ0n) is 23.4. The average Bonchev–Trinajstić information content (AvgIpc) is 3.72. The number of aromatic nitrogens is 3. The Morgan fingerprint density at radius 3 is 2.74 bits per heavy atom. The molecule has 0 bridgehead atoms. The Morgan fingerprint density at radius 1 is 1.17 bits per heavy atom. The summed E-state index contributed by atoms with van der Waals surface area (Å²) in [5.74, 6) is -0.0327. The van der Waals surface area contributed by atoms with Crippen LogP contribution < -0.4 is 15.0 Å². The summed E-state index contributed by atoms with van der Waals surface area (Å²) < 4.78 is 21.3. The molecule has 0 spiro atoms. The van der Waals surface area contributed by atoms with Crippen molar-refractivity contribution in [3.63, 3.8) is 0 Å². The SMILES string of the molecule is CN(C)C(=O)N1CC(Oc2ccc(N3CCC[C@@H]3c3csc(NC(=O)c4cccn4Cc4ccnc(F)c4)n3)cc2)C1. The molecule has 5 heterocycles. The van der Waals surface area contributed by atoms with E-state index in [2.05, 4.69) is 27.3 Å². The van der Waals surface area contributed by atoms with Crippen molar-refractivity contribution in [2.24, 2.45) is 0 Å². The highest BCUT2D eigenvalue weighted by atomic mass is 32.1. The maximum absolute atomic E-state index is 13.5. The van der Waals surface area contributed by atoms with Crippen LogP contribution >= 0.6 is 11.3 Å². The number of ether oxygens (including phenoxy) is 1. The molecule has 0 radical (unpaired) electrons. The summed E-state index contributed by atoms with van der Waals surface area (Å²) in [7, 11) is 3.50. The number of carbonyl (C=O) groups is 2. The normalized spacial score (nSPS) is 16.8. The molecule has 1 N–H and O–H groups in total. The summed E-state index contributed by atoms with van der Waals surface area (Å²) >= 11 is 1.41. The molecule has 0 unspecified atom stereocenters. The predicted molar refractivity (Wildman–Crippen MR) is 159 cm³/mol. The number of benzene rings is 1. The van der Waals surface area contributed by atoms with E-state index in [1.54, 1.807) is 52.9 Å². The lowest BCUT2D eigenvalue weighted by molar-refractivity contribution is 0.0356. The van der Waals surface area contributed by atoms with E-state index in [1.807, 2.05) is 17.5 Å². The molecule has 6 rings (SSSR count). The van der Waals surface area contributed by atoms with Gasteiger partial charge in [-0.25, -0.2) is 14.8 Å². The third-order valence-electron chi connectivity index (χ3n) is 7.51. The van der Waals surface area contributed by atoms with Crippen LogP contribution in [0, 0.1) is 5.95 Å². The van der Waals surface area contributed by atoms with Crippen LogP contribution in [0.1, 0.15) is 40.6 Å². The largest absolute Gasteiger partial charge is 0.487 e. The maximum atomic E-state index is 13.5. The van der Waals surface area contributed by atoms with Gasteiger partial charge in [-0.15, -0.1) is 11.3 Å². The number of pyridine rings is 1. The van der Waals surface area contributed by atoms with Gasteiger partial charge in [0.05, 0.1) is 24.8 Å². The van der Waals surface area contributed by atoms with Crippen molar-refractivity contribution >= 4 is 34.1 Å². The second-order valence-corrected chi connectivity index (χ2v) is 11.6. The minimum Gasteiger partial charge on any atom is -0.487 e. The van der Waals surface area contributed by atoms with Crippen LogP contribution in [-0.2, 0) is 6.54 Å². The van der Waals surface area contributed by atoms with Gasteiger partial charge in [0.2, 0.25) is 5.95 Å². The Morgan fingerprint density at radius 2 is 1.98 bits per heavy atom. The van der Waals surface area contributed by atoms with Gasteiger partial charge in [0.25, 0.3) is 5.91 Å². The van der Waals surface area contributed by atoms with E-state index >= 15 is 0 Å². The van der Waals surface area contributed by atoms with Gasteiger partial charge in [-0.3, -0.25) is 10.1 Å². The molecule has 10 nitrogen and oxygen atoms in total. The fourth-order valence-corrected chi connectivity index (χ4v) is 6.15. The van der Waals surface area contributed by atoms with Crippen LogP contribution in [-0.4, -0.2) is 76.1 Å². The Balaban J connectivity index is 1.06. The molecule has 2 saturated heterocycles. The highest BCUT2D eigenvalue weighted by molar-refractivity contribution is 7.14. The summed E-state index contributed by atoms with van der Waals surface area (Å²) in [6, 6.07) is 14.8. The van der Waals surface area contributed by atoms with Gasteiger partial charge < -0.3 is 24.0 Å². The van der Waals surface area contributed by atoms with Crippen molar-refractivity contribution in [3.05, 3.63) is 89.2 Å². The predicted octanol–water partition coefficient (Wildman–Crippen LogP) is 4.87. The van der Waals surface area contributed by atoms with Crippen molar-refractivity contribution in [1.29, 1.82) is 0 Å². The zero-order chi connectivity index (χ0) is 29.2. The minimum absolute atomic E-state index is 0.00321. The van der Waals surface area contributed by atoms with Crippen LogP contribution in [0.4, 0.5) is 20.0 Å². The number of hydrogen-bond donors (Lipinski definition) is 1. The number of amides is 3. The molecule has 1 aromatic carbocycles. The Hall–Kier alpha value is -4.45. The Kier molecular flexibility index (Phi) is 7.79. The zero-order valence-corrected chi connectivity index (χ0v) is 24.3. The molecule has 2 aliphatic rings. The number of thiazole rings is 1. The molecule has 1 atom stereocenters. The van der Waals surface area contributed by atoms with E-state index in [0.717, 1.165) is 42.1 Å². The average molecular weight is 590 g/mol. The summed E-state index contributed by atoms with van der Waals surface area (Å²) in [5.41, 5.74) is 3.20. The lowest BCUT2D eigenvalue weighted by atomic mass is 10.1. The number of hydrogen-bond acceptors (Lipinski definition) is 7. The van der Waals surface area contributed by atoms with Gasteiger partial charge in [0.15, 0.2) is 5.13 Å². The third-order valence-corrected chi connectivity index (χ3v) is 8.29. The van der Waals surface area contributed by atoms with E-state index in [4.69, 9.17) is 9.72 Å². The van der Waals surface area contributed by atoms with E-state index in [-0.39, 0.29) is 24.1 Å².